The van der Waals surface area contributed by atoms with Crippen molar-refractivity contribution >= 4 is 17.3 Å². The predicted octanol–water partition coefficient (Wildman–Crippen LogP) is 2.67. The summed E-state index contributed by atoms with van der Waals surface area (Å²) in [7, 11) is 0. The highest BCUT2D eigenvalue weighted by atomic mass is 35.5. The van der Waals surface area contributed by atoms with Crippen molar-refractivity contribution in [2.75, 3.05) is 12.1 Å². The number of anilines is 1. The summed E-state index contributed by atoms with van der Waals surface area (Å²) in [5.74, 6) is 2.09. The van der Waals surface area contributed by atoms with E-state index in [0.717, 1.165) is 11.4 Å². The Bertz CT molecular complexity index is 528. The molecule has 1 N–H and O–H groups in total. The van der Waals surface area contributed by atoms with Gasteiger partial charge in [0, 0.05) is 12.1 Å². The zero-order valence-electron chi connectivity index (χ0n) is 8.77. The maximum Gasteiger partial charge on any atom is 0.231 e. The summed E-state index contributed by atoms with van der Waals surface area (Å²) in [4.78, 5) is 3.83. The quantitative estimate of drug-likeness (QED) is 0.910. The van der Waals surface area contributed by atoms with Crippen LogP contribution in [-0.2, 0) is 6.54 Å². The molecule has 0 aliphatic carbocycles. The van der Waals surface area contributed by atoms with Gasteiger partial charge in [-0.25, -0.2) is 4.98 Å². The second-order valence-electron chi connectivity index (χ2n) is 3.51. The summed E-state index contributed by atoms with van der Waals surface area (Å²) in [6.07, 6.45) is 3.03. The highest BCUT2D eigenvalue weighted by Gasteiger charge is 2.16. The van der Waals surface area contributed by atoms with Crippen LogP contribution in [0.1, 0.15) is 5.76 Å². The number of nitrogens with zero attached hydrogens (tertiary/aromatic N) is 1. The number of benzene rings is 1. The van der Waals surface area contributed by atoms with Gasteiger partial charge in [-0.05, 0) is 0 Å². The Morgan fingerprint density at radius 2 is 2.12 bits per heavy atom. The van der Waals surface area contributed by atoms with Crippen LogP contribution >= 0.6 is 11.6 Å². The van der Waals surface area contributed by atoms with Gasteiger partial charge in [-0.15, -0.1) is 0 Å². The largest absolute Gasteiger partial charge is 0.454 e. The lowest BCUT2D eigenvalue weighted by atomic mass is 10.2. The lowest BCUT2D eigenvalue weighted by Gasteiger charge is -2.07. The van der Waals surface area contributed by atoms with Crippen molar-refractivity contribution in [3.8, 4) is 11.5 Å². The fraction of sp³-hybridized carbons (Fsp3) is 0.182. The van der Waals surface area contributed by atoms with E-state index in [1.165, 1.54) is 6.39 Å². The van der Waals surface area contributed by atoms with Gasteiger partial charge in [0.2, 0.25) is 6.79 Å². The number of halogens is 1. The molecule has 6 heteroatoms. The van der Waals surface area contributed by atoms with Crippen LogP contribution in [0.15, 0.2) is 29.1 Å². The molecule has 0 saturated heterocycles. The third-order valence-electron chi connectivity index (χ3n) is 2.40. The van der Waals surface area contributed by atoms with Crippen LogP contribution < -0.4 is 14.8 Å². The number of nitrogens with one attached hydrogen (secondary N) is 1. The average molecular weight is 253 g/mol. The van der Waals surface area contributed by atoms with Gasteiger partial charge in [0.05, 0.1) is 23.5 Å². The molecule has 0 spiro atoms. The Labute approximate surface area is 102 Å². The second kappa shape index (κ2) is 4.18. The predicted molar refractivity (Wildman–Crippen MR) is 61.4 cm³/mol. The van der Waals surface area contributed by atoms with E-state index in [1.54, 1.807) is 18.3 Å². The molecule has 5 nitrogen and oxygen atoms in total. The van der Waals surface area contributed by atoms with E-state index in [0.29, 0.717) is 23.1 Å². The molecule has 88 valence electrons. The second-order valence-corrected chi connectivity index (χ2v) is 3.91. The minimum absolute atomic E-state index is 0.233. The van der Waals surface area contributed by atoms with E-state index in [-0.39, 0.29) is 6.79 Å². The Kier molecular flexibility index (Phi) is 2.53. The van der Waals surface area contributed by atoms with Crippen molar-refractivity contribution in [2.45, 2.75) is 6.54 Å². The first-order valence-corrected chi connectivity index (χ1v) is 5.41. The fourth-order valence-electron chi connectivity index (χ4n) is 1.56. The zero-order valence-corrected chi connectivity index (χ0v) is 9.53. The monoisotopic (exact) mass is 252 g/mol. The summed E-state index contributed by atoms with van der Waals surface area (Å²) in [5, 5.41) is 3.72. The van der Waals surface area contributed by atoms with Crippen LogP contribution in [0.25, 0.3) is 0 Å². The first-order valence-electron chi connectivity index (χ1n) is 5.03. The molecular formula is C11H9ClN2O3. The van der Waals surface area contributed by atoms with E-state index in [9.17, 15) is 0 Å². The van der Waals surface area contributed by atoms with Crippen LogP contribution in [0, 0.1) is 0 Å². The van der Waals surface area contributed by atoms with E-state index in [1.807, 2.05) is 0 Å². The molecule has 0 radical (unpaired) electrons. The van der Waals surface area contributed by atoms with Gasteiger partial charge in [-0.1, -0.05) is 11.6 Å². The normalized spacial score (nSPS) is 12.8. The van der Waals surface area contributed by atoms with Gasteiger partial charge >= 0.3 is 0 Å². The highest BCUT2D eigenvalue weighted by Crippen LogP contribution is 2.39. The number of aromatic nitrogens is 1. The van der Waals surface area contributed by atoms with Crippen molar-refractivity contribution in [1.82, 2.24) is 4.98 Å². The number of rotatable bonds is 3. The van der Waals surface area contributed by atoms with Gasteiger partial charge in [-0.3, -0.25) is 0 Å². The Morgan fingerprint density at radius 3 is 2.88 bits per heavy atom. The van der Waals surface area contributed by atoms with Crippen molar-refractivity contribution in [1.29, 1.82) is 0 Å². The van der Waals surface area contributed by atoms with Gasteiger partial charge in [0.15, 0.2) is 17.9 Å². The molecule has 0 atom stereocenters. The molecule has 1 aromatic carbocycles. The molecule has 3 rings (SSSR count). The molecule has 2 heterocycles. The Balaban J connectivity index is 1.79. The number of hydrogen-bond donors (Lipinski definition) is 1. The molecule has 1 aliphatic heterocycles. The minimum atomic E-state index is 0.233. The molecule has 0 unspecified atom stereocenters. The molecule has 0 amide bonds. The summed E-state index contributed by atoms with van der Waals surface area (Å²) >= 11 is 6.10. The Hall–Kier alpha value is -1.88. The maximum absolute atomic E-state index is 6.10. The first-order chi connectivity index (χ1) is 8.33. The first kappa shape index (κ1) is 10.3. The van der Waals surface area contributed by atoms with Crippen molar-refractivity contribution in [3.05, 3.63) is 35.5 Å². The SMILES string of the molecule is Clc1cc2c(cc1NCc1cnco1)OCO2. The van der Waals surface area contributed by atoms with Crippen LogP contribution in [0.2, 0.25) is 5.02 Å². The van der Waals surface area contributed by atoms with E-state index in [2.05, 4.69) is 10.3 Å². The topological polar surface area (TPSA) is 56.5 Å². The highest BCUT2D eigenvalue weighted by molar-refractivity contribution is 6.33. The number of oxazole rings is 1. The van der Waals surface area contributed by atoms with Crippen LogP contribution in [-0.4, -0.2) is 11.8 Å². The summed E-state index contributed by atoms with van der Waals surface area (Å²) in [6, 6.07) is 3.54. The van der Waals surface area contributed by atoms with Gasteiger partial charge in [0.25, 0.3) is 0 Å². The minimum Gasteiger partial charge on any atom is -0.454 e. The van der Waals surface area contributed by atoms with Crippen LogP contribution in [0.5, 0.6) is 11.5 Å². The Morgan fingerprint density at radius 1 is 1.29 bits per heavy atom. The summed E-state index contributed by atoms with van der Waals surface area (Å²) < 4.78 is 15.6. The average Bonchev–Trinajstić information content (AvgIpc) is 2.95. The smallest absolute Gasteiger partial charge is 0.231 e. The lowest BCUT2D eigenvalue weighted by Crippen LogP contribution is -1.98. The molecular weight excluding hydrogens is 244 g/mol. The molecule has 0 saturated carbocycles. The van der Waals surface area contributed by atoms with E-state index in [4.69, 9.17) is 25.5 Å². The van der Waals surface area contributed by atoms with Gasteiger partial charge < -0.3 is 19.2 Å². The van der Waals surface area contributed by atoms with Crippen LogP contribution in [0.3, 0.4) is 0 Å². The molecule has 1 aliphatic rings. The molecule has 2 aromatic rings. The standard InChI is InChI=1S/C11H9ClN2O3/c12-8-1-10-11(17-6-16-10)2-9(8)14-4-7-3-13-5-15-7/h1-3,5,14H,4,6H2. The summed E-state index contributed by atoms with van der Waals surface area (Å²) in [6.45, 7) is 0.747. The molecule has 0 bridgehead atoms. The number of ether oxygens (including phenoxy) is 2. The molecule has 17 heavy (non-hydrogen) atoms. The van der Waals surface area contributed by atoms with E-state index >= 15 is 0 Å². The third kappa shape index (κ3) is 2.01. The van der Waals surface area contributed by atoms with Gasteiger partial charge in [-0.2, -0.15) is 0 Å². The van der Waals surface area contributed by atoms with Gasteiger partial charge in [0.1, 0.15) is 5.76 Å². The third-order valence-corrected chi connectivity index (χ3v) is 2.71. The van der Waals surface area contributed by atoms with Crippen molar-refractivity contribution in [2.24, 2.45) is 0 Å². The number of hydrogen-bond acceptors (Lipinski definition) is 5. The molecule has 0 fully saturated rings. The van der Waals surface area contributed by atoms with Crippen molar-refractivity contribution in [3.63, 3.8) is 0 Å². The zero-order chi connectivity index (χ0) is 11.7. The summed E-state index contributed by atoms with van der Waals surface area (Å²) in [5.41, 5.74) is 0.771. The number of fused-ring (bicyclic) bond motifs is 1. The maximum atomic E-state index is 6.10. The molecule has 1 aromatic heterocycles. The lowest BCUT2D eigenvalue weighted by molar-refractivity contribution is 0.174. The van der Waals surface area contributed by atoms with E-state index < -0.39 is 0 Å². The fourth-order valence-corrected chi connectivity index (χ4v) is 1.78. The van der Waals surface area contributed by atoms with Crippen molar-refractivity contribution < 1.29 is 13.9 Å². The van der Waals surface area contributed by atoms with Crippen LogP contribution in [0.4, 0.5) is 5.69 Å².